The van der Waals surface area contributed by atoms with Crippen LogP contribution in [-0.4, -0.2) is 5.78 Å². The first-order chi connectivity index (χ1) is 5.09. The summed E-state index contributed by atoms with van der Waals surface area (Å²) >= 11 is 0. The highest BCUT2D eigenvalue weighted by atomic mass is 16.1. The summed E-state index contributed by atoms with van der Waals surface area (Å²) < 4.78 is 0. The Kier molecular flexibility index (Phi) is 2.69. The lowest BCUT2D eigenvalue weighted by Gasteiger charge is -2.29. The normalized spacial score (nSPS) is 38.6. The molecule has 0 N–H and O–H groups in total. The number of Topliss-reactive ketones (excluding diaryl/α,β-unsaturated/α-hetero) is 1. The van der Waals surface area contributed by atoms with Gasteiger partial charge in [0.2, 0.25) is 0 Å². The fourth-order valence-corrected chi connectivity index (χ4v) is 2.28. The van der Waals surface area contributed by atoms with Gasteiger partial charge in [-0.1, -0.05) is 13.8 Å². The van der Waals surface area contributed by atoms with Crippen LogP contribution in [0.15, 0.2) is 0 Å². The molecule has 0 aliphatic heterocycles. The lowest BCUT2D eigenvalue weighted by molar-refractivity contribution is -0.122. The Morgan fingerprint density at radius 2 is 1.55 bits per heavy atom. The number of ketones is 1. The van der Waals surface area contributed by atoms with Crippen LogP contribution in [0.25, 0.3) is 0 Å². The average molecular weight is 154 g/mol. The number of rotatable bonds is 1. The second kappa shape index (κ2) is 3.38. The summed E-state index contributed by atoms with van der Waals surface area (Å²) in [7, 11) is 0. The Bertz CT molecular complexity index is 141. The smallest absolute Gasteiger partial charge is 0.132 e. The van der Waals surface area contributed by atoms with Crippen LogP contribution in [0, 0.1) is 17.8 Å². The van der Waals surface area contributed by atoms with E-state index in [2.05, 4.69) is 13.8 Å². The van der Waals surface area contributed by atoms with E-state index in [1.807, 2.05) is 0 Å². The van der Waals surface area contributed by atoms with Crippen molar-refractivity contribution in [1.29, 1.82) is 0 Å². The molecule has 1 aliphatic rings. The summed E-state index contributed by atoms with van der Waals surface area (Å²) in [6.07, 6.45) is 3.56. The third-order valence-corrected chi connectivity index (χ3v) is 2.75. The number of hydrogen-bond donors (Lipinski definition) is 0. The molecule has 0 amide bonds. The molecule has 0 aromatic heterocycles. The molecule has 11 heavy (non-hydrogen) atoms. The van der Waals surface area contributed by atoms with E-state index < -0.39 is 0 Å². The van der Waals surface area contributed by atoms with Gasteiger partial charge in [0.25, 0.3) is 0 Å². The van der Waals surface area contributed by atoms with Crippen molar-refractivity contribution in [1.82, 2.24) is 0 Å². The second-order valence-corrected chi connectivity index (χ2v) is 4.23. The quantitative estimate of drug-likeness (QED) is 0.567. The standard InChI is InChI=1S/C10H18O/c1-7-4-8(2)6-10(5-7)9(3)11/h7-8,10H,4-6H2,1-3H3/t7-,8+,10?. The van der Waals surface area contributed by atoms with Crippen molar-refractivity contribution in [2.24, 2.45) is 17.8 Å². The van der Waals surface area contributed by atoms with Gasteiger partial charge in [0.05, 0.1) is 0 Å². The molecule has 1 rings (SSSR count). The number of hydrogen-bond acceptors (Lipinski definition) is 1. The molecule has 1 unspecified atom stereocenters. The van der Waals surface area contributed by atoms with Crippen LogP contribution in [0.3, 0.4) is 0 Å². The van der Waals surface area contributed by atoms with Gasteiger partial charge in [-0.2, -0.15) is 0 Å². The predicted octanol–water partition coefficient (Wildman–Crippen LogP) is 2.65. The summed E-state index contributed by atoms with van der Waals surface area (Å²) in [5.74, 6) is 2.28. The lowest BCUT2D eigenvalue weighted by Crippen LogP contribution is -2.24. The van der Waals surface area contributed by atoms with Crippen LogP contribution >= 0.6 is 0 Å². The molecule has 1 saturated carbocycles. The van der Waals surface area contributed by atoms with Gasteiger partial charge in [-0.15, -0.1) is 0 Å². The van der Waals surface area contributed by atoms with E-state index in [0.29, 0.717) is 11.7 Å². The van der Waals surface area contributed by atoms with Gasteiger partial charge in [0.1, 0.15) is 5.78 Å². The maximum absolute atomic E-state index is 11.1. The predicted molar refractivity (Wildman–Crippen MR) is 46.4 cm³/mol. The van der Waals surface area contributed by atoms with Crippen LogP contribution in [0.5, 0.6) is 0 Å². The van der Waals surface area contributed by atoms with E-state index in [1.54, 1.807) is 6.92 Å². The van der Waals surface area contributed by atoms with E-state index in [0.717, 1.165) is 24.7 Å². The third kappa shape index (κ3) is 2.32. The minimum absolute atomic E-state index is 0.369. The van der Waals surface area contributed by atoms with Gasteiger partial charge in [0.15, 0.2) is 0 Å². The highest BCUT2D eigenvalue weighted by Crippen LogP contribution is 2.32. The summed E-state index contributed by atoms with van der Waals surface area (Å²) in [5.41, 5.74) is 0. The minimum atomic E-state index is 0.369. The molecule has 0 aromatic carbocycles. The van der Waals surface area contributed by atoms with E-state index in [4.69, 9.17) is 0 Å². The van der Waals surface area contributed by atoms with Crippen LogP contribution in [-0.2, 0) is 4.79 Å². The first-order valence-corrected chi connectivity index (χ1v) is 4.60. The maximum Gasteiger partial charge on any atom is 0.132 e. The van der Waals surface area contributed by atoms with Crippen molar-refractivity contribution in [3.8, 4) is 0 Å². The molecular weight excluding hydrogens is 136 g/mol. The fourth-order valence-electron chi connectivity index (χ4n) is 2.28. The molecule has 1 heteroatoms. The lowest BCUT2D eigenvalue weighted by atomic mass is 9.75. The molecule has 3 atom stereocenters. The highest BCUT2D eigenvalue weighted by Gasteiger charge is 2.26. The number of carbonyl (C=O) groups excluding carboxylic acids is 1. The van der Waals surface area contributed by atoms with Crippen LogP contribution < -0.4 is 0 Å². The molecule has 1 nitrogen and oxygen atoms in total. The van der Waals surface area contributed by atoms with E-state index in [-0.39, 0.29) is 0 Å². The molecule has 0 aromatic rings. The van der Waals surface area contributed by atoms with E-state index in [9.17, 15) is 4.79 Å². The van der Waals surface area contributed by atoms with Crippen LogP contribution in [0.1, 0.15) is 40.0 Å². The molecular formula is C10H18O. The topological polar surface area (TPSA) is 17.1 Å². The van der Waals surface area contributed by atoms with Crippen molar-refractivity contribution < 1.29 is 4.79 Å². The highest BCUT2D eigenvalue weighted by molar-refractivity contribution is 5.78. The fraction of sp³-hybridized carbons (Fsp3) is 0.900. The Hall–Kier alpha value is -0.330. The summed E-state index contributed by atoms with van der Waals surface area (Å²) in [6.45, 7) is 6.24. The SMILES string of the molecule is CC(=O)C1C[C@@H](C)C[C@@H](C)C1. The van der Waals surface area contributed by atoms with Gasteiger partial charge in [-0.05, 0) is 38.0 Å². The molecule has 1 fully saturated rings. The Morgan fingerprint density at radius 1 is 1.09 bits per heavy atom. The van der Waals surface area contributed by atoms with Crippen LogP contribution in [0.2, 0.25) is 0 Å². The van der Waals surface area contributed by atoms with Crippen molar-refractivity contribution in [3.63, 3.8) is 0 Å². The first kappa shape index (κ1) is 8.76. The average Bonchev–Trinajstić information content (AvgIpc) is 1.85. The first-order valence-electron chi connectivity index (χ1n) is 4.60. The van der Waals surface area contributed by atoms with Crippen molar-refractivity contribution in [2.45, 2.75) is 40.0 Å². The third-order valence-electron chi connectivity index (χ3n) is 2.75. The zero-order chi connectivity index (χ0) is 8.43. The van der Waals surface area contributed by atoms with Gasteiger partial charge in [0, 0.05) is 5.92 Å². The van der Waals surface area contributed by atoms with Gasteiger partial charge in [-0.3, -0.25) is 4.79 Å². The molecule has 1 aliphatic carbocycles. The van der Waals surface area contributed by atoms with Crippen LogP contribution in [0.4, 0.5) is 0 Å². The van der Waals surface area contributed by atoms with Crippen molar-refractivity contribution >= 4 is 5.78 Å². The molecule has 0 spiro atoms. The Balaban J connectivity index is 2.49. The number of carbonyl (C=O) groups is 1. The molecule has 0 saturated heterocycles. The summed E-state index contributed by atoms with van der Waals surface area (Å²) in [5, 5.41) is 0. The molecule has 0 heterocycles. The summed E-state index contributed by atoms with van der Waals surface area (Å²) in [6, 6.07) is 0. The second-order valence-electron chi connectivity index (χ2n) is 4.23. The minimum Gasteiger partial charge on any atom is -0.300 e. The zero-order valence-corrected chi connectivity index (χ0v) is 7.76. The Labute approximate surface area is 69.2 Å². The van der Waals surface area contributed by atoms with Gasteiger partial charge in [-0.25, -0.2) is 0 Å². The van der Waals surface area contributed by atoms with E-state index >= 15 is 0 Å². The monoisotopic (exact) mass is 154 g/mol. The van der Waals surface area contributed by atoms with Crippen molar-refractivity contribution in [2.75, 3.05) is 0 Å². The van der Waals surface area contributed by atoms with Gasteiger partial charge < -0.3 is 0 Å². The molecule has 64 valence electrons. The van der Waals surface area contributed by atoms with Gasteiger partial charge >= 0.3 is 0 Å². The molecule has 0 radical (unpaired) electrons. The largest absolute Gasteiger partial charge is 0.300 e. The molecule has 0 bridgehead atoms. The maximum atomic E-state index is 11.1. The van der Waals surface area contributed by atoms with E-state index in [1.165, 1.54) is 6.42 Å². The Morgan fingerprint density at radius 3 is 1.91 bits per heavy atom. The summed E-state index contributed by atoms with van der Waals surface area (Å²) in [4.78, 5) is 11.1. The van der Waals surface area contributed by atoms with Crippen molar-refractivity contribution in [3.05, 3.63) is 0 Å². The zero-order valence-electron chi connectivity index (χ0n) is 7.76.